The van der Waals surface area contributed by atoms with E-state index in [-0.39, 0.29) is 0 Å². The van der Waals surface area contributed by atoms with Gasteiger partial charge in [0, 0.05) is 0 Å². The van der Waals surface area contributed by atoms with E-state index in [1.165, 1.54) is 6.33 Å². The topological polar surface area (TPSA) is 30.7 Å². The first kappa shape index (κ1) is 11.6. The fourth-order valence-electron chi connectivity index (χ4n) is 0.775. The highest BCUT2D eigenvalue weighted by Crippen LogP contribution is 1.97. The lowest BCUT2D eigenvalue weighted by atomic mass is 10.2. The van der Waals surface area contributed by atoms with Gasteiger partial charge < -0.3 is 0 Å². The smallest absolute Gasteiger partial charge is 0.137 e. The minimum atomic E-state index is 0.750. The van der Waals surface area contributed by atoms with Crippen LogP contribution in [0.1, 0.15) is 20.8 Å². The van der Waals surface area contributed by atoms with Gasteiger partial charge in [-0.1, -0.05) is 32.6 Å². The van der Waals surface area contributed by atoms with Crippen molar-refractivity contribution >= 4 is 0 Å². The van der Waals surface area contributed by atoms with Gasteiger partial charge in [0.25, 0.3) is 0 Å². The van der Waals surface area contributed by atoms with Crippen molar-refractivity contribution < 1.29 is 0 Å². The minimum absolute atomic E-state index is 0.750. The van der Waals surface area contributed by atoms with Crippen LogP contribution in [-0.2, 0) is 6.54 Å². The van der Waals surface area contributed by atoms with Crippen molar-refractivity contribution in [2.45, 2.75) is 27.3 Å². The van der Waals surface area contributed by atoms with Gasteiger partial charge in [-0.05, 0) is 12.5 Å². The molecule has 0 amide bonds. The van der Waals surface area contributed by atoms with E-state index in [0.29, 0.717) is 0 Å². The highest BCUT2D eigenvalue weighted by Gasteiger charge is 1.91. The normalized spacial score (nSPS) is 10.2. The van der Waals surface area contributed by atoms with E-state index in [1.807, 2.05) is 32.9 Å². The third-order valence-corrected chi connectivity index (χ3v) is 1.44. The first-order chi connectivity index (χ1) is 6.36. The van der Waals surface area contributed by atoms with Crippen LogP contribution in [-0.4, -0.2) is 14.8 Å². The van der Waals surface area contributed by atoms with Gasteiger partial charge in [-0.2, -0.15) is 5.10 Å². The number of nitrogens with zero attached hydrogens (tertiary/aromatic N) is 3. The maximum atomic E-state index is 3.97. The molecule has 1 aromatic rings. The van der Waals surface area contributed by atoms with Crippen LogP contribution in [0.15, 0.2) is 37.0 Å². The van der Waals surface area contributed by atoms with Crippen LogP contribution in [0.2, 0.25) is 0 Å². The van der Waals surface area contributed by atoms with E-state index in [2.05, 4.69) is 16.7 Å². The Balaban J connectivity index is 0.000000671. The Bertz CT molecular complexity index is 247. The molecular weight excluding hydrogens is 162 g/mol. The number of aromatic nitrogens is 3. The molecule has 1 aromatic heterocycles. The van der Waals surface area contributed by atoms with Crippen molar-refractivity contribution in [3.63, 3.8) is 0 Å². The molecule has 0 aliphatic heterocycles. The van der Waals surface area contributed by atoms with Crippen LogP contribution >= 0.6 is 0 Å². The molecule has 0 radical (unpaired) electrons. The molecule has 0 aliphatic carbocycles. The maximum absolute atomic E-state index is 3.97. The summed E-state index contributed by atoms with van der Waals surface area (Å²) in [5.74, 6) is 0. The molecule has 0 saturated heterocycles. The summed E-state index contributed by atoms with van der Waals surface area (Å²) in [7, 11) is 0. The van der Waals surface area contributed by atoms with E-state index in [1.54, 1.807) is 11.0 Å². The van der Waals surface area contributed by atoms with Crippen LogP contribution in [0, 0.1) is 0 Å². The average Bonchev–Trinajstić information content (AvgIpc) is 2.70. The Morgan fingerprint density at radius 2 is 2.23 bits per heavy atom. The van der Waals surface area contributed by atoms with Gasteiger partial charge in [0.05, 0.1) is 6.54 Å². The molecule has 0 spiro atoms. The van der Waals surface area contributed by atoms with Crippen molar-refractivity contribution in [2.24, 2.45) is 0 Å². The van der Waals surface area contributed by atoms with Gasteiger partial charge in [-0.15, -0.1) is 0 Å². The Morgan fingerprint density at radius 3 is 2.62 bits per heavy atom. The van der Waals surface area contributed by atoms with Crippen molar-refractivity contribution in [1.82, 2.24) is 14.8 Å². The third kappa shape index (κ3) is 4.25. The first-order valence-corrected chi connectivity index (χ1v) is 4.47. The monoisotopic (exact) mass is 179 g/mol. The molecule has 0 saturated carbocycles. The molecule has 0 unspecified atom stereocenters. The molecule has 0 bridgehead atoms. The molecule has 0 atom stereocenters. The first-order valence-electron chi connectivity index (χ1n) is 4.47. The van der Waals surface area contributed by atoms with Gasteiger partial charge in [0.1, 0.15) is 12.7 Å². The zero-order valence-corrected chi connectivity index (χ0v) is 8.57. The van der Waals surface area contributed by atoms with E-state index in [9.17, 15) is 0 Å². The largest absolute Gasteiger partial charge is 0.249 e. The second kappa shape index (κ2) is 7.28. The Kier molecular flexibility index (Phi) is 6.51. The second-order valence-corrected chi connectivity index (χ2v) is 2.16. The molecule has 0 fully saturated rings. The summed E-state index contributed by atoms with van der Waals surface area (Å²) in [6.45, 7) is 10.4. The minimum Gasteiger partial charge on any atom is -0.249 e. The lowest BCUT2D eigenvalue weighted by Gasteiger charge is -1.98. The third-order valence-electron chi connectivity index (χ3n) is 1.44. The van der Waals surface area contributed by atoms with Crippen molar-refractivity contribution in [3.8, 4) is 0 Å². The van der Waals surface area contributed by atoms with E-state index < -0.39 is 0 Å². The Hall–Kier alpha value is -1.38. The van der Waals surface area contributed by atoms with Gasteiger partial charge in [0.15, 0.2) is 0 Å². The predicted molar refractivity (Wildman–Crippen MR) is 55.3 cm³/mol. The summed E-state index contributed by atoms with van der Waals surface area (Å²) >= 11 is 0. The molecule has 3 heteroatoms. The summed E-state index contributed by atoms with van der Waals surface area (Å²) in [4.78, 5) is 3.83. The molecule has 72 valence electrons. The van der Waals surface area contributed by atoms with Gasteiger partial charge in [-0.25, -0.2) is 9.67 Å². The maximum Gasteiger partial charge on any atom is 0.137 e. The number of hydrogen-bond acceptors (Lipinski definition) is 2. The second-order valence-electron chi connectivity index (χ2n) is 2.16. The van der Waals surface area contributed by atoms with Gasteiger partial charge >= 0.3 is 0 Å². The zero-order valence-electron chi connectivity index (χ0n) is 8.57. The van der Waals surface area contributed by atoms with Crippen LogP contribution in [0.4, 0.5) is 0 Å². The Morgan fingerprint density at radius 1 is 1.54 bits per heavy atom. The van der Waals surface area contributed by atoms with Crippen LogP contribution < -0.4 is 0 Å². The summed E-state index contributed by atoms with van der Waals surface area (Å²) in [5, 5.41) is 3.97. The van der Waals surface area contributed by atoms with E-state index in [4.69, 9.17) is 0 Å². The predicted octanol–water partition coefficient (Wildman–Crippen LogP) is 2.44. The highest BCUT2D eigenvalue weighted by atomic mass is 15.3. The fourth-order valence-corrected chi connectivity index (χ4v) is 0.775. The van der Waals surface area contributed by atoms with E-state index >= 15 is 0 Å². The summed E-state index contributed by atoms with van der Waals surface area (Å²) < 4.78 is 1.76. The number of allylic oxidation sites excluding steroid dienone is 3. The lowest BCUT2D eigenvalue weighted by molar-refractivity contribution is 0.683. The molecular formula is C10H17N3. The fraction of sp³-hybridized carbons (Fsp3) is 0.400. The quantitative estimate of drug-likeness (QED) is 0.667. The molecule has 1 rings (SSSR count). The van der Waals surface area contributed by atoms with Crippen molar-refractivity contribution in [2.75, 3.05) is 0 Å². The number of rotatable bonds is 3. The van der Waals surface area contributed by atoms with E-state index in [0.717, 1.165) is 12.1 Å². The zero-order chi connectivity index (χ0) is 10.1. The van der Waals surface area contributed by atoms with Crippen LogP contribution in [0.25, 0.3) is 0 Å². The average molecular weight is 179 g/mol. The molecule has 0 aromatic carbocycles. The molecule has 13 heavy (non-hydrogen) atoms. The number of hydrogen-bond donors (Lipinski definition) is 0. The molecule has 0 aliphatic rings. The van der Waals surface area contributed by atoms with Crippen LogP contribution in [0.3, 0.4) is 0 Å². The highest BCUT2D eigenvalue weighted by molar-refractivity contribution is 5.14. The van der Waals surface area contributed by atoms with Crippen molar-refractivity contribution in [3.05, 3.63) is 37.0 Å². The van der Waals surface area contributed by atoms with Crippen LogP contribution in [0.5, 0.6) is 0 Å². The molecule has 3 nitrogen and oxygen atoms in total. The summed E-state index contributed by atoms with van der Waals surface area (Å²) in [6.07, 6.45) is 7.04. The van der Waals surface area contributed by atoms with Gasteiger partial charge in [0.2, 0.25) is 0 Å². The lowest BCUT2D eigenvalue weighted by Crippen LogP contribution is -1.99. The van der Waals surface area contributed by atoms with Gasteiger partial charge in [-0.3, -0.25) is 0 Å². The summed E-state index contributed by atoms with van der Waals surface area (Å²) in [5.41, 5.74) is 1.15. The molecule has 0 N–H and O–H groups in total. The SMILES string of the molecule is C=C/C(=C\C)Cn1cncn1.CC. The standard InChI is InChI=1S/C8H11N3.C2H6/c1-3-8(4-2)5-11-7-9-6-10-11;1-2/h3-4,6-7H,1,5H2,2H3;1-2H3/b8-4+;. The van der Waals surface area contributed by atoms with Crippen molar-refractivity contribution in [1.29, 1.82) is 0 Å². The summed E-state index contributed by atoms with van der Waals surface area (Å²) in [6, 6.07) is 0. The molecule has 1 heterocycles. The Labute approximate surface area is 79.8 Å².